The molecule has 1 atom stereocenters. The molecule has 0 fully saturated rings. The maximum absolute atomic E-state index is 14.0. The van der Waals surface area contributed by atoms with Gasteiger partial charge in [0.1, 0.15) is 15.8 Å². The lowest BCUT2D eigenvalue weighted by Crippen LogP contribution is -2.27. The highest BCUT2D eigenvalue weighted by Gasteiger charge is 2.21. The molecule has 1 unspecified atom stereocenters. The van der Waals surface area contributed by atoms with Crippen LogP contribution in [0.4, 0.5) is 13.9 Å². The van der Waals surface area contributed by atoms with Crippen molar-refractivity contribution < 1.29 is 22.6 Å². The van der Waals surface area contributed by atoms with Crippen molar-refractivity contribution in [3.63, 3.8) is 0 Å². The lowest BCUT2D eigenvalue weighted by molar-refractivity contribution is -0.118. The van der Waals surface area contributed by atoms with Gasteiger partial charge in [0.05, 0.1) is 21.8 Å². The van der Waals surface area contributed by atoms with E-state index in [2.05, 4.69) is 9.35 Å². The summed E-state index contributed by atoms with van der Waals surface area (Å²) in [5.74, 6) is -1.87. The van der Waals surface area contributed by atoms with Crippen LogP contribution in [0, 0.1) is 18.6 Å². The van der Waals surface area contributed by atoms with Crippen molar-refractivity contribution in [1.82, 2.24) is 4.98 Å². The molecular formula is C22H21F2N3O3S2. The number of anilines is 1. The standard InChI is InChI=1S/C22H21F2N3O3S2/c1-13-21(32(4,30)26-14(2)28)31-22(25-13)27(3)20(29)11-15-5-7-16(8-6-15)18-12-17(23)9-10-19(18)24/h5-10,12H,11H2,1-4H3. The first-order chi connectivity index (χ1) is 15.0. The summed E-state index contributed by atoms with van der Waals surface area (Å²) in [6, 6.07) is 9.85. The number of hydrogen-bond donors (Lipinski definition) is 0. The molecule has 0 saturated heterocycles. The first-order valence-electron chi connectivity index (χ1n) is 9.49. The molecule has 6 nitrogen and oxygen atoms in total. The summed E-state index contributed by atoms with van der Waals surface area (Å²) in [6.07, 6.45) is 1.42. The molecule has 3 aromatic rings. The van der Waals surface area contributed by atoms with Crippen LogP contribution in [0.25, 0.3) is 11.1 Å². The summed E-state index contributed by atoms with van der Waals surface area (Å²) in [6.45, 7) is 2.88. The first kappa shape index (κ1) is 23.7. The van der Waals surface area contributed by atoms with Crippen molar-refractivity contribution in [3.8, 4) is 11.1 Å². The number of nitrogens with zero attached hydrogens (tertiary/aromatic N) is 3. The third kappa shape index (κ3) is 5.25. The fourth-order valence-corrected chi connectivity index (χ4v) is 5.97. The number of likely N-dealkylation sites (N-methyl/N-ethyl adjacent to an activating group) is 1. The van der Waals surface area contributed by atoms with Gasteiger partial charge in [0.15, 0.2) is 5.13 Å². The summed E-state index contributed by atoms with van der Waals surface area (Å²) < 4.78 is 44.2. The molecule has 0 radical (unpaired) electrons. The second-order valence-corrected chi connectivity index (χ2v) is 10.7. The normalized spacial score (nSPS) is 12.8. The molecule has 1 aromatic heterocycles. The van der Waals surface area contributed by atoms with E-state index in [9.17, 15) is 22.6 Å². The number of rotatable bonds is 5. The van der Waals surface area contributed by atoms with E-state index in [-0.39, 0.29) is 17.9 Å². The average molecular weight is 478 g/mol. The van der Waals surface area contributed by atoms with Crippen molar-refractivity contribution in [2.24, 2.45) is 4.36 Å². The van der Waals surface area contributed by atoms with Gasteiger partial charge in [-0.15, -0.1) is 0 Å². The maximum atomic E-state index is 14.0. The second-order valence-electron chi connectivity index (χ2n) is 7.23. The minimum absolute atomic E-state index is 0.0513. The molecular weight excluding hydrogens is 456 g/mol. The Labute approximate surface area is 189 Å². The molecule has 0 aliphatic carbocycles. The first-order valence-corrected chi connectivity index (χ1v) is 12.2. The molecule has 0 bridgehead atoms. The van der Waals surface area contributed by atoms with E-state index >= 15 is 0 Å². The van der Waals surface area contributed by atoms with E-state index in [0.717, 1.165) is 29.5 Å². The summed E-state index contributed by atoms with van der Waals surface area (Å²) in [5, 5.41) is 0.342. The number of aromatic nitrogens is 1. The largest absolute Gasteiger partial charge is 0.291 e. The van der Waals surface area contributed by atoms with Crippen LogP contribution in [0.2, 0.25) is 0 Å². The number of carbonyl (C=O) groups is 2. The molecule has 0 saturated carbocycles. The molecule has 0 spiro atoms. The number of amides is 2. The molecule has 2 amide bonds. The summed E-state index contributed by atoms with van der Waals surface area (Å²) >= 11 is 1.05. The summed E-state index contributed by atoms with van der Waals surface area (Å²) in [4.78, 5) is 29.7. The van der Waals surface area contributed by atoms with Gasteiger partial charge in [-0.1, -0.05) is 35.6 Å². The smallest absolute Gasteiger partial charge is 0.250 e. The quantitative estimate of drug-likeness (QED) is 0.538. The fraction of sp³-hybridized carbons (Fsp3) is 0.227. The Morgan fingerprint density at radius 2 is 1.81 bits per heavy atom. The van der Waals surface area contributed by atoms with Gasteiger partial charge in [0.2, 0.25) is 5.91 Å². The SMILES string of the molecule is CC(=O)N=S(C)(=O)c1sc(N(C)C(=O)Cc2ccc(-c3cc(F)ccc3F)cc2)nc1C. The Hall–Kier alpha value is -2.98. The van der Waals surface area contributed by atoms with Crippen LogP contribution in [0.5, 0.6) is 0 Å². The lowest BCUT2D eigenvalue weighted by Gasteiger charge is -2.14. The predicted molar refractivity (Wildman–Crippen MR) is 121 cm³/mol. The molecule has 0 aliphatic heterocycles. The van der Waals surface area contributed by atoms with Crippen LogP contribution in [-0.4, -0.2) is 34.3 Å². The van der Waals surface area contributed by atoms with Crippen LogP contribution >= 0.6 is 11.3 Å². The van der Waals surface area contributed by atoms with E-state index in [1.807, 2.05) is 0 Å². The predicted octanol–water partition coefficient (Wildman–Crippen LogP) is 4.61. The van der Waals surface area contributed by atoms with E-state index in [1.165, 1.54) is 18.1 Å². The van der Waals surface area contributed by atoms with Crippen LogP contribution < -0.4 is 4.90 Å². The number of carbonyl (C=O) groups excluding carboxylic acids is 2. The third-order valence-electron chi connectivity index (χ3n) is 4.60. The summed E-state index contributed by atoms with van der Waals surface area (Å²) in [7, 11) is -1.38. The number of thiazole rings is 1. The molecule has 3 rings (SSSR count). The van der Waals surface area contributed by atoms with Gasteiger partial charge in [0.25, 0.3) is 5.91 Å². The van der Waals surface area contributed by atoms with E-state index in [4.69, 9.17) is 0 Å². The van der Waals surface area contributed by atoms with E-state index in [0.29, 0.717) is 26.2 Å². The molecule has 168 valence electrons. The number of halogens is 2. The van der Waals surface area contributed by atoms with Gasteiger partial charge in [0, 0.05) is 25.8 Å². The Morgan fingerprint density at radius 1 is 1.16 bits per heavy atom. The lowest BCUT2D eigenvalue weighted by atomic mass is 10.0. The van der Waals surface area contributed by atoms with Gasteiger partial charge in [-0.3, -0.25) is 14.5 Å². The molecule has 1 heterocycles. The number of aryl methyl sites for hydroxylation is 1. The minimum atomic E-state index is -2.94. The van der Waals surface area contributed by atoms with Crippen LogP contribution in [-0.2, 0) is 25.7 Å². The average Bonchev–Trinajstić information content (AvgIpc) is 3.11. The Balaban J connectivity index is 1.78. The zero-order chi connectivity index (χ0) is 23.6. The van der Waals surface area contributed by atoms with Gasteiger partial charge in [-0.2, -0.15) is 4.36 Å². The topological polar surface area (TPSA) is 79.7 Å². The van der Waals surface area contributed by atoms with E-state index in [1.54, 1.807) is 38.2 Å². The van der Waals surface area contributed by atoms with Crippen LogP contribution in [0.1, 0.15) is 18.2 Å². The maximum Gasteiger partial charge on any atom is 0.250 e. The molecule has 32 heavy (non-hydrogen) atoms. The highest BCUT2D eigenvalue weighted by Crippen LogP contribution is 2.31. The van der Waals surface area contributed by atoms with E-state index < -0.39 is 27.3 Å². The fourth-order valence-electron chi connectivity index (χ4n) is 3.07. The third-order valence-corrected chi connectivity index (χ3v) is 8.39. The Morgan fingerprint density at radius 3 is 2.44 bits per heavy atom. The molecule has 2 aromatic carbocycles. The van der Waals surface area contributed by atoms with Crippen molar-refractivity contribution >= 4 is 38.0 Å². The van der Waals surface area contributed by atoms with Crippen molar-refractivity contribution in [3.05, 3.63) is 65.4 Å². The molecule has 10 heteroatoms. The zero-order valence-corrected chi connectivity index (χ0v) is 19.5. The van der Waals surface area contributed by atoms with Crippen LogP contribution in [0.3, 0.4) is 0 Å². The Bertz CT molecular complexity index is 1310. The number of hydrogen-bond acceptors (Lipinski definition) is 5. The van der Waals surface area contributed by atoms with Crippen molar-refractivity contribution in [2.75, 3.05) is 18.2 Å². The van der Waals surface area contributed by atoms with Gasteiger partial charge >= 0.3 is 0 Å². The van der Waals surface area contributed by atoms with Crippen LogP contribution in [0.15, 0.2) is 51.0 Å². The minimum Gasteiger partial charge on any atom is -0.291 e. The highest BCUT2D eigenvalue weighted by atomic mass is 32.2. The zero-order valence-electron chi connectivity index (χ0n) is 17.9. The number of benzene rings is 2. The molecule has 0 aliphatic rings. The molecule has 0 N–H and O–H groups in total. The monoisotopic (exact) mass is 477 g/mol. The van der Waals surface area contributed by atoms with Gasteiger partial charge in [-0.05, 0) is 36.2 Å². The van der Waals surface area contributed by atoms with Gasteiger partial charge in [-0.25, -0.2) is 18.0 Å². The summed E-state index contributed by atoms with van der Waals surface area (Å²) in [5.41, 5.74) is 1.77. The van der Waals surface area contributed by atoms with Crippen molar-refractivity contribution in [2.45, 2.75) is 24.5 Å². The highest BCUT2D eigenvalue weighted by molar-refractivity contribution is 7.95. The van der Waals surface area contributed by atoms with Gasteiger partial charge < -0.3 is 0 Å². The Kier molecular flexibility index (Phi) is 6.85. The van der Waals surface area contributed by atoms with Crippen molar-refractivity contribution in [1.29, 1.82) is 0 Å². The second kappa shape index (κ2) is 9.25.